The Morgan fingerprint density at radius 1 is 0.938 bits per heavy atom. The second-order valence-electron chi connectivity index (χ2n) is 7.88. The van der Waals surface area contributed by atoms with Gasteiger partial charge in [-0.15, -0.1) is 0 Å². The quantitative estimate of drug-likeness (QED) is 0.659. The van der Waals surface area contributed by atoms with Crippen molar-refractivity contribution in [3.63, 3.8) is 0 Å². The number of ether oxygens (including phenoxy) is 4. The van der Waals surface area contributed by atoms with Gasteiger partial charge in [0, 0.05) is 56.1 Å². The molecular formula is C22H32N6O4. The molecule has 0 aliphatic carbocycles. The fourth-order valence-corrected chi connectivity index (χ4v) is 4.38. The van der Waals surface area contributed by atoms with E-state index in [0.29, 0.717) is 29.1 Å². The minimum atomic E-state index is 0.229. The number of nitrogen functional groups attached to an aromatic ring is 1. The molecule has 0 radical (unpaired) electrons. The van der Waals surface area contributed by atoms with E-state index in [1.165, 1.54) is 0 Å². The maximum atomic E-state index is 6.04. The summed E-state index contributed by atoms with van der Waals surface area (Å²) in [7, 11) is 4.75. The van der Waals surface area contributed by atoms with Gasteiger partial charge in [-0.2, -0.15) is 9.97 Å². The number of methoxy groups -OCH3 is 3. The normalized spacial score (nSPS) is 17.8. The van der Waals surface area contributed by atoms with Crippen LogP contribution in [0.1, 0.15) is 12.8 Å². The fraction of sp³-hybridized carbons (Fsp3) is 0.545. The summed E-state index contributed by atoms with van der Waals surface area (Å²) in [5.41, 5.74) is 6.79. The molecule has 2 aliphatic rings. The molecule has 174 valence electrons. The first kappa shape index (κ1) is 22.2. The van der Waals surface area contributed by atoms with Gasteiger partial charge in [-0.3, -0.25) is 4.90 Å². The molecule has 2 fully saturated rings. The van der Waals surface area contributed by atoms with Crippen LogP contribution in [0.3, 0.4) is 0 Å². The molecule has 32 heavy (non-hydrogen) atoms. The molecule has 3 N–H and O–H groups in total. The molecule has 4 rings (SSSR count). The van der Waals surface area contributed by atoms with Crippen LogP contribution in [0.15, 0.2) is 18.2 Å². The van der Waals surface area contributed by atoms with Crippen LogP contribution < -0.4 is 30.2 Å². The van der Waals surface area contributed by atoms with Gasteiger partial charge < -0.3 is 34.9 Å². The number of morpholine rings is 1. The third-order valence-electron chi connectivity index (χ3n) is 6.02. The van der Waals surface area contributed by atoms with E-state index < -0.39 is 0 Å². The fourth-order valence-electron chi connectivity index (χ4n) is 4.38. The molecule has 0 saturated carbocycles. The smallest absolute Gasteiger partial charge is 0.223 e. The Bertz CT molecular complexity index is 888. The number of nitrogens with one attached hydrogen (secondary N) is 1. The highest BCUT2D eigenvalue weighted by Gasteiger charge is 2.26. The summed E-state index contributed by atoms with van der Waals surface area (Å²) in [6, 6.07) is 6.18. The van der Waals surface area contributed by atoms with Crippen LogP contribution in [0.5, 0.6) is 17.2 Å². The van der Waals surface area contributed by atoms with Crippen molar-refractivity contribution in [2.45, 2.75) is 18.9 Å². The molecule has 0 unspecified atom stereocenters. The first-order valence-corrected chi connectivity index (χ1v) is 10.9. The lowest BCUT2D eigenvalue weighted by Gasteiger charge is -2.40. The largest absolute Gasteiger partial charge is 0.493 e. The molecule has 0 bridgehead atoms. The monoisotopic (exact) mass is 444 g/mol. The van der Waals surface area contributed by atoms with Gasteiger partial charge in [-0.25, -0.2) is 0 Å². The topological polar surface area (TPSA) is 107 Å². The van der Waals surface area contributed by atoms with E-state index in [1.807, 2.05) is 18.2 Å². The van der Waals surface area contributed by atoms with Crippen molar-refractivity contribution in [2.75, 3.05) is 76.7 Å². The Labute approximate surface area is 188 Å². The summed E-state index contributed by atoms with van der Waals surface area (Å²) in [5, 5.41) is 3.29. The summed E-state index contributed by atoms with van der Waals surface area (Å²) in [6.45, 7) is 5.57. The standard InChI is InChI=1S/C22H32N6O4/c1-29-17-12-15(13-18(30-2)21(17)31-3)24-19-14-20(26-22(23)25-19)28-6-4-16(5-7-28)27-8-10-32-11-9-27/h12-14,16H,4-11H2,1-3H3,(H3,23,24,25,26). The van der Waals surface area contributed by atoms with E-state index in [9.17, 15) is 0 Å². The lowest BCUT2D eigenvalue weighted by Crippen LogP contribution is -2.49. The van der Waals surface area contributed by atoms with Crippen molar-refractivity contribution < 1.29 is 18.9 Å². The van der Waals surface area contributed by atoms with Crippen molar-refractivity contribution in [1.82, 2.24) is 14.9 Å². The maximum Gasteiger partial charge on any atom is 0.223 e. The first-order chi connectivity index (χ1) is 15.6. The van der Waals surface area contributed by atoms with Gasteiger partial charge in [0.2, 0.25) is 11.7 Å². The summed E-state index contributed by atoms with van der Waals surface area (Å²) in [6.07, 6.45) is 2.19. The summed E-state index contributed by atoms with van der Waals surface area (Å²) in [4.78, 5) is 13.7. The van der Waals surface area contributed by atoms with Crippen molar-refractivity contribution >= 4 is 23.3 Å². The Hall–Kier alpha value is -2.98. The Morgan fingerprint density at radius 2 is 1.59 bits per heavy atom. The Balaban J connectivity index is 1.48. The van der Waals surface area contributed by atoms with Crippen molar-refractivity contribution in [3.05, 3.63) is 18.2 Å². The van der Waals surface area contributed by atoms with Gasteiger partial charge in [-0.1, -0.05) is 0 Å². The molecule has 1 aromatic heterocycles. The number of nitrogens with two attached hydrogens (primary N) is 1. The van der Waals surface area contributed by atoms with E-state index in [-0.39, 0.29) is 5.95 Å². The van der Waals surface area contributed by atoms with Crippen molar-refractivity contribution in [3.8, 4) is 17.2 Å². The van der Waals surface area contributed by atoms with Gasteiger partial charge in [0.15, 0.2) is 11.5 Å². The number of anilines is 4. The van der Waals surface area contributed by atoms with Crippen LogP contribution in [0.25, 0.3) is 0 Å². The van der Waals surface area contributed by atoms with E-state index in [2.05, 4.69) is 25.1 Å². The molecule has 0 spiro atoms. The number of nitrogens with zero attached hydrogens (tertiary/aromatic N) is 4. The molecule has 10 nitrogen and oxygen atoms in total. The van der Waals surface area contributed by atoms with Gasteiger partial charge in [0.1, 0.15) is 11.6 Å². The molecule has 10 heteroatoms. The Morgan fingerprint density at radius 3 is 2.19 bits per heavy atom. The Kier molecular flexibility index (Phi) is 7.01. The van der Waals surface area contributed by atoms with Gasteiger partial charge in [0.25, 0.3) is 0 Å². The third kappa shape index (κ3) is 4.91. The number of hydrogen-bond donors (Lipinski definition) is 2. The molecule has 2 saturated heterocycles. The second kappa shape index (κ2) is 10.1. The highest BCUT2D eigenvalue weighted by atomic mass is 16.5. The summed E-state index contributed by atoms with van der Waals surface area (Å²) >= 11 is 0. The highest BCUT2D eigenvalue weighted by Crippen LogP contribution is 2.40. The average Bonchev–Trinajstić information content (AvgIpc) is 2.83. The number of benzene rings is 1. The average molecular weight is 445 g/mol. The molecule has 2 aromatic rings. The van der Waals surface area contributed by atoms with Crippen LogP contribution in [-0.2, 0) is 4.74 Å². The molecule has 1 aromatic carbocycles. The molecule has 2 aliphatic heterocycles. The third-order valence-corrected chi connectivity index (χ3v) is 6.02. The van der Waals surface area contributed by atoms with E-state index in [0.717, 1.165) is 63.7 Å². The lowest BCUT2D eigenvalue weighted by molar-refractivity contribution is 0.0115. The van der Waals surface area contributed by atoms with Gasteiger partial charge in [-0.05, 0) is 12.8 Å². The van der Waals surface area contributed by atoms with Crippen LogP contribution in [0, 0.1) is 0 Å². The predicted molar refractivity (Wildman–Crippen MR) is 123 cm³/mol. The molecule has 3 heterocycles. The van der Waals surface area contributed by atoms with Crippen LogP contribution >= 0.6 is 0 Å². The molecule has 0 atom stereocenters. The number of aromatic nitrogens is 2. The van der Waals surface area contributed by atoms with Crippen LogP contribution in [0.4, 0.5) is 23.3 Å². The minimum Gasteiger partial charge on any atom is -0.493 e. The predicted octanol–water partition coefficient (Wildman–Crippen LogP) is 2.13. The number of piperidine rings is 1. The molecular weight excluding hydrogens is 412 g/mol. The van der Waals surface area contributed by atoms with Crippen LogP contribution in [-0.4, -0.2) is 81.6 Å². The molecule has 0 amide bonds. The SMILES string of the molecule is COc1cc(Nc2cc(N3CCC(N4CCOCC4)CC3)nc(N)n2)cc(OC)c1OC. The number of rotatable bonds is 7. The summed E-state index contributed by atoms with van der Waals surface area (Å²) < 4.78 is 21.8. The lowest BCUT2D eigenvalue weighted by atomic mass is 10.0. The zero-order valence-electron chi connectivity index (χ0n) is 19.0. The second-order valence-corrected chi connectivity index (χ2v) is 7.88. The summed E-state index contributed by atoms with van der Waals surface area (Å²) in [5.74, 6) is 3.31. The van der Waals surface area contributed by atoms with Crippen LogP contribution in [0.2, 0.25) is 0 Å². The maximum absolute atomic E-state index is 6.04. The van der Waals surface area contributed by atoms with Crippen molar-refractivity contribution in [2.24, 2.45) is 0 Å². The zero-order chi connectivity index (χ0) is 22.5. The first-order valence-electron chi connectivity index (χ1n) is 10.9. The van der Waals surface area contributed by atoms with Gasteiger partial charge >= 0.3 is 0 Å². The zero-order valence-corrected chi connectivity index (χ0v) is 19.0. The van der Waals surface area contributed by atoms with E-state index in [1.54, 1.807) is 21.3 Å². The number of hydrogen-bond acceptors (Lipinski definition) is 10. The van der Waals surface area contributed by atoms with Gasteiger partial charge in [0.05, 0.1) is 34.5 Å². The van der Waals surface area contributed by atoms with E-state index >= 15 is 0 Å². The highest BCUT2D eigenvalue weighted by molar-refractivity contribution is 5.68. The van der Waals surface area contributed by atoms with E-state index in [4.69, 9.17) is 24.7 Å². The minimum absolute atomic E-state index is 0.229. The van der Waals surface area contributed by atoms with Crippen molar-refractivity contribution in [1.29, 1.82) is 0 Å².